The van der Waals surface area contributed by atoms with Crippen LogP contribution in [0.2, 0.25) is 0 Å². The predicted octanol–water partition coefficient (Wildman–Crippen LogP) is 2.28. The van der Waals surface area contributed by atoms with E-state index in [4.69, 9.17) is 0 Å². The number of aromatic nitrogens is 1. The van der Waals surface area contributed by atoms with Crippen molar-refractivity contribution >= 4 is 28.5 Å². The molecule has 26 heavy (non-hydrogen) atoms. The molecule has 132 valence electrons. The first-order chi connectivity index (χ1) is 12.3. The normalized spacial score (nSPS) is 17.8. The fourth-order valence-electron chi connectivity index (χ4n) is 2.98. The number of nitrogens with zero attached hydrogens (tertiary/aromatic N) is 4. The molecule has 1 N–H and O–H groups in total. The van der Waals surface area contributed by atoms with Crippen molar-refractivity contribution in [3.63, 3.8) is 0 Å². The van der Waals surface area contributed by atoms with Crippen LogP contribution in [0.1, 0.15) is 0 Å². The van der Waals surface area contributed by atoms with E-state index in [1.807, 2.05) is 0 Å². The van der Waals surface area contributed by atoms with Gasteiger partial charge in [-0.1, -0.05) is 12.1 Å². The summed E-state index contributed by atoms with van der Waals surface area (Å²) in [5, 5.41) is 19.2. The molecule has 0 radical (unpaired) electrons. The maximum absolute atomic E-state index is 13.0. The van der Waals surface area contributed by atoms with Gasteiger partial charge in [-0.15, -0.1) is 5.11 Å². The highest BCUT2D eigenvalue weighted by Crippen LogP contribution is 2.25. The van der Waals surface area contributed by atoms with E-state index < -0.39 is 18.3 Å². The maximum Gasteiger partial charge on any atom is 0.406 e. The highest BCUT2D eigenvalue weighted by Gasteiger charge is 2.30. The fraction of sp³-hybridized carbons (Fsp3) is 0.118. The molecule has 1 aromatic heterocycles. The third kappa shape index (κ3) is 2.62. The first-order valence-corrected chi connectivity index (χ1v) is 7.57. The van der Waals surface area contributed by atoms with Crippen molar-refractivity contribution in [3.8, 4) is 0 Å². The molecule has 0 bridgehead atoms. The summed E-state index contributed by atoms with van der Waals surface area (Å²) >= 11 is 0. The van der Waals surface area contributed by atoms with Crippen molar-refractivity contribution in [2.75, 3.05) is 0 Å². The molecular formula is C17H11F3N4O2. The summed E-state index contributed by atoms with van der Waals surface area (Å²) in [6.07, 6.45) is 2.88. The molecule has 9 heteroatoms. The third-order valence-electron chi connectivity index (χ3n) is 4.09. The van der Waals surface area contributed by atoms with E-state index in [-0.39, 0.29) is 16.4 Å². The van der Waals surface area contributed by atoms with Crippen LogP contribution in [0, 0.1) is 0 Å². The summed E-state index contributed by atoms with van der Waals surface area (Å²) in [5.74, 6) is 0. The summed E-state index contributed by atoms with van der Waals surface area (Å²) in [6.45, 7) is -1.43. The quantitative estimate of drug-likeness (QED) is 0.848. The summed E-state index contributed by atoms with van der Waals surface area (Å²) in [7, 11) is 0. The van der Waals surface area contributed by atoms with Gasteiger partial charge in [0.05, 0.1) is 22.6 Å². The lowest BCUT2D eigenvalue weighted by atomic mass is 10.1. The average Bonchev–Trinajstić information content (AvgIpc) is 3.08. The molecule has 0 saturated heterocycles. The molecule has 6 nitrogen and oxygen atoms in total. The Morgan fingerprint density at radius 2 is 2.00 bits per heavy atom. The Labute approximate surface area is 143 Å². The number of azo groups is 1. The van der Waals surface area contributed by atoms with E-state index in [1.54, 1.807) is 30.4 Å². The molecule has 2 aliphatic heterocycles. The van der Waals surface area contributed by atoms with Crippen LogP contribution in [0.4, 0.5) is 18.9 Å². The van der Waals surface area contributed by atoms with E-state index in [0.717, 1.165) is 11.3 Å². The Morgan fingerprint density at radius 3 is 2.73 bits per heavy atom. The Kier molecular flexibility index (Phi) is 3.55. The lowest BCUT2D eigenvalue weighted by molar-refractivity contribution is -0.140. The highest BCUT2D eigenvalue weighted by atomic mass is 19.4. The minimum atomic E-state index is -4.57. The first kappa shape index (κ1) is 16.3. The first-order valence-electron chi connectivity index (χ1n) is 7.57. The standard InChI is InChI=1S/C17H11F3N4O2/c18-17(19,20)9-23-14-7-10(13-3-1-2-6-24(13)26)4-5-11(14)15-12(16(23)25)8-21-22-15/h1-8,26H,9H2/b13-10+. The van der Waals surface area contributed by atoms with Gasteiger partial charge in [-0.3, -0.25) is 14.6 Å². The number of allylic oxidation sites excluding steroid dienone is 2. The van der Waals surface area contributed by atoms with Gasteiger partial charge in [0.25, 0.3) is 5.56 Å². The number of alkyl halides is 3. The number of halogens is 3. The van der Waals surface area contributed by atoms with Gasteiger partial charge in [-0.25, -0.2) is 5.06 Å². The lowest BCUT2D eigenvalue weighted by Gasteiger charge is -2.17. The number of hydrogen-bond acceptors (Lipinski definition) is 5. The van der Waals surface area contributed by atoms with Gasteiger partial charge in [0.1, 0.15) is 12.2 Å². The van der Waals surface area contributed by atoms with E-state index >= 15 is 0 Å². The average molecular weight is 360 g/mol. The zero-order valence-electron chi connectivity index (χ0n) is 13.1. The van der Waals surface area contributed by atoms with E-state index in [1.165, 1.54) is 12.3 Å². The number of hydrogen-bond donors (Lipinski definition) is 1. The molecule has 3 heterocycles. The van der Waals surface area contributed by atoms with Gasteiger partial charge >= 0.3 is 6.18 Å². The Bertz CT molecular complexity index is 1190. The Morgan fingerprint density at radius 1 is 1.19 bits per heavy atom. The molecule has 0 amide bonds. The van der Waals surface area contributed by atoms with Crippen molar-refractivity contribution in [2.24, 2.45) is 10.2 Å². The van der Waals surface area contributed by atoms with Gasteiger partial charge in [-0.2, -0.15) is 18.3 Å². The zero-order chi connectivity index (χ0) is 18.5. The molecule has 4 rings (SSSR count). The number of fused-ring (bicyclic) bond motifs is 3. The lowest BCUT2D eigenvalue weighted by Crippen LogP contribution is -2.38. The van der Waals surface area contributed by atoms with Crippen LogP contribution >= 0.6 is 0 Å². The van der Waals surface area contributed by atoms with Gasteiger partial charge in [0.15, 0.2) is 0 Å². The molecule has 2 aliphatic rings. The predicted molar refractivity (Wildman–Crippen MR) is 87.8 cm³/mol. The Hall–Kier alpha value is -3.20. The van der Waals surface area contributed by atoms with Crippen LogP contribution in [0.25, 0.3) is 22.8 Å². The van der Waals surface area contributed by atoms with Crippen LogP contribution in [0.3, 0.4) is 0 Å². The van der Waals surface area contributed by atoms with Crippen LogP contribution in [0.5, 0.6) is 0 Å². The molecule has 0 unspecified atom stereocenters. The van der Waals surface area contributed by atoms with Gasteiger partial charge in [0.2, 0.25) is 0 Å². The van der Waals surface area contributed by atoms with E-state index in [9.17, 15) is 23.2 Å². The maximum atomic E-state index is 13.0. The summed E-state index contributed by atoms with van der Waals surface area (Å²) < 4.78 is 39.7. The summed E-state index contributed by atoms with van der Waals surface area (Å²) in [6, 6.07) is 4.64. The molecule has 1 aromatic carbocycles. The molecule has 2 aromatic rings. The van der Waals surface area contributed by atoms with E-state index in [0.29, 0.717) is 20.9 Å². The van der Waals surface area contributed by atoms with Crippen molar-refractivity contribution in [3.05, 3.63) is 63.4 Å². The molecular weight excluding hydrogens is 349 g/mol. The van der Waals surface area contributed by atoms with E-state index in [2.05, 4.69) is 10.2 Å². The molecule has 0 saturated carbocycles. The van der Waals surface area contributed by atoms with Gasteiger partial charge < -0.3 is 0 Å². The van der Waals surface area contributed by atoms with Gasteiger partial charge in [-0.05, 0) is 24.3 Å². The second kappa shape index (κ2) is 5.67. The minimum absolute atomic E-state index is 0.0337. The van der Waals surface area contributed by atoms with Crippen molar-refractivity contribution < 1.29 is 18.4 Å². The summed E-state index contributed by atoms with van der Waals surface area (Å²) in [4.78, 5) is 12.5. The molecule has 0 aliphatic carbocycles. The Balaban J connectivity index is 2.10. The summed E-state index contributed by atoms with van der Waals surface area (Å²) in [5.41, 5.74) is -0.118. The largest absolute Gasteiger partial charge is 0.406 e. The van der Waals surface area contributed by atoms with Crippen LogP contribution in [-0.2, 0) is 6.54 Å². The number of benzene rings is 1. The van der Waals surface area contributed by atoms with Crippen LogP contribution in [0.15, 0.2) is 57.7 Å². The number of pyridine rings is 1. The van der Waals surface area contributed by atoms with Crippen LogP contribution < -0.4 is 16.0 Å². The smallest absolute Gasteiger partial charge is 0.298 e. The number of rotatable bonds is 1. The zero-order valence-corrected chi connectivity index (χ0v) is 13.1. The van der Waals surface area contributed by atoms with Crippen molar-refractivity contribution in [2.45, 2.75) is 12.7 Å². The minimum Gasteiger partial charge on any atom is -0.298 e. The second-order valence-corrected chi connectivity index (χ2v) is 5.78. The van der Waals surface area contributed by atoms with Gasteiger partial charge in [0, 0.05) is 16.8 Å². The van der Waals surface area contributed by atoms with Crippen molar-refractivity contribution in [1.29, 1.82) is 0 Å². The van der Waals surface area contributed by atoms with Crippen LogP contribution in [-0.4, -0.2) is 21.0 Å². The molecule has 0 fully saturated rings. The monoisotopic (exact) mass is 360 g/mol. The number of hydroxylamine groups is 2. The second-order valence-electron chi connectivity index (χ2n) is 5.78. The topological polar surface area (TPSA) is 70.2 Å². The molecule has 0 atom stereocenters. The molecule has 0 spiro atoms. The SMILES string of the molecule is O=c1c2c(c3cc/c(=C4/C=CC=CN4O)cc3n1CC(F)(F)F)N=NC=2. The fourth-order valence-corrected chi connectivity index (χ4v) is 2.98. The van der Waals surface area contributed by atoms with Crippen molar-refractivity contribution in [1.82, 2.24) is 9.63 Å². The third-order valence-corrected chi connectivity index (χ3v) is 4.09. The highest BCUT2D eigenvalue weighted by molar-refractivity contribution is 5.91.